The summed E-state index contributed by atoms with van der Waals surface area (Å²) >= 11 is 0. The van der Waals surface area contributed by atoms with Crippen molar-refractivity contribution in [1.82, 2.24) is 4.90 Å². The van der Waals surface area contributed by atoms with Crippen LogP contribution in [-0.2, 0) is 4.74 Å². The van der Waals surface area contributed by atoms with Gasteiger partial charge in [0, 0.05) is 18.8 Å². The first-order chi connectivity index (χ1) is 8.69. The third-order valence-corrected chi connectivity index (χ3v) is 3.29. The van der Waals surface area contributed by atoms with E-state index in [2.05, 4.69) is 11.8 Å². The quantitative estimate of drug-likeness (QED) is 0.826. The molecule has 0 radical (unpaired) electrons. The second kappa shape index (κ2) is 6.07. The van der Waals surface area contributed by atoms with E-state index in [0.717, 1.165) is 43.2 Å². The maximum atomic E-state index is 5.82. The Morgan fingerprint density at radius 1 is 1.50 bits per heavy atom. The topological polar surface area (TPSA) is 47.7 Å². The first kappa shape index (κ1) is 13.2. The fraction of sp³-hybridized carbons (Fsp3) is 0.571. The third-order valence-electron chi connectivity index (χ3n) is 3.29. The van der Waals surface area contributed by atoms with Gasteiger partial charge in [-0.25, -0.2) is 0 Å². The van der Waals surface area contributed by atoms with Crippen molar-refractivity contribution in [2.45, 2.75) is 20.0 Å². The minimum Gasteiger partial charge on any atom is -0.491 e. The molecule has 1 fully saturated rings. The van der Waals surface area contributed by atoms with Gasteiger partial charge in [-0.15, -0.1) is 0 Å². The Balaban J connectivity index is 1.87. The molecule has 4 nitrogen and oxygen atoms in total. The van der Waals surface area contributed by atoms with Crippen LogP contribution in [0.5, 0.6) is 5.75 Å². The molecule has 0 aliphatic carbocycles. The van der Waals surface area contributed by atoms with Gasteiger partial charge in [-0.2, -0.15) is 0 Å². The summed E-state index contributed by atoms with van der Waals surface area (Å²) in [5.41, 5.74) is 7.55. The van der Waals surface area contributed by atoms with Crippen LogP contribution in [0, 0.1) is 6.92 Å². The van der Waals surface area contributed by atoms with E-state index in [1.165, 1.54) is 0 Å². The molecule has 0 aromatic heterocycles. The SMILES string of the molecule is CCN1CCOC(COc2ccc(N)cc2C)C1. The highest BCUT2D eigenvalue weighted by Gasteiger charge is 2.19. The zero-order valence-electron chi connectivity index (χ0n) is 11.2. The lowest BCUT2D eigenvalue weighted by Gasteiger charge is -2.31. The van der Waals surface area contributed by atoms with Crippen molar-refractivity contribution in [3.63, 3.8) is 0 Å². The Morgan fingerprint density at radius 2 is 2.33 bits per heavy atom. The molecule has 0 bridgehead atoms. The molecule has 1 atom stereocenters. The number of hydrogen-bond donors (Lipinski definition) is 1. The van der Waals surface area contributed by atoms with Crippen LogP contribution in [0.4, 0.5) is 5.69 Å². The first-order valence-electron chi connectivity index (χ1n) is 6.52. The van der Waals surface area contributed by atoms with Crippen molar-refractivity contribution < 1.29 is 9.47 Å². The second-order valence-corrected chi connectivity index (χ2v) is 4.72. The summed E-state index contributed by atoms with van der Waals surface area (Å²) in [4.78, 5) is 2.38. The fourth-order valence-electron chi connectivity index (χ4n) is 2.19. The lowest BCUT2D eigenvalue weighted by Crippen LogP contribution is -2.44. The van der Waals surface area contributed by atoms with E-state index in [4.69, 9.17) is 15.2 Å². The molecule has 0 amide bonds. The zero-order chi connectivity index (χ0) is 13.0. The van der Waals surface area contributed by atoms with E-state index in [0.29, 0.717) is 6.61 Å². The van der Waals surface area contributed by atoms with E-state index in [9.17, 15) is 0 Å². The molecule has 0 spiro atoms. The first-order valence-corrected chi connectivity index (χ1v) is 6.52. The van der Waals surface area contributed by atoms with Crippen molar-refractivity contribution in [3.8, 4) is 5.75 Å². The van der Waals surface area contributed by atoms with Crippen molar-refractivity contribution >= 4 is 5.69 Å². The van der Waals surface area contributed by atoms with Crippen molar-refractivity contribution in [1.29, 1.82) is 0 Å². The number of aryl methyl sites for hydroxylation is 1. The summed E-state index contributed by atoms with van der Waals surface area (Å²) in [6.07, 6.45) is 0.163. The largest absolute Gasteiger partial charge is 0.491 e. The van der Waals surface area contributed by atoms with Gasteiger partial charge in [0.05, 0.1) is 6.61 Å². The molecular weight excluding hydrogens is 228 g/mol. The van der Waals surface area contributed by atoms with E-state index in [1.807, 2.05) is 25.1 Å². The number of likely N-dealkylation sites (N-methyl/N-ethyl adjacent to an activating group) is 1. The monoisotopic (exact) mass is 250 g/mol. The summed E-state index contributed by atoms with van der Waals surface area (Å²) < 4.78 is 11.5. The highest BCUT2D eigenvalue weighted by atomic mass is 16.5. The second-order valence-electron chi connectivity index (χ2n) is 4.72. The molecule has 1 aromatic rings. The number of benzene rings is 1. The summed E-state index contributed by atoms with van der Waals surface area (Å²) in [7, 11) is 0. The number of hydrogen-bond acceptors (Lipinski definition) is 4. The van der Waals surface area contributed by atoms with E-state index >= 15 is 0 Å². The summed E-state index contributed by atoms with van der Waals surface area (Å²) in [5, 5.41) is 0. The van der Waals surface area contributed by atoms with Crippen LogP contribution < -0.4 is 10.5 Å². The average molecular weight is 250 g/mol. The van der Waals surface area contributed by atoms with Crippen LogP contribution in [0.15, 0.2) is 18.2 Å². The molecule has 18 heavy (non-hydrogen) atoms. The van der Waals surface area contributed by atoms with Gasteiger partial charge in [0.2, 0.25) is 0 Å². The van der Waals surface area contributed by atoms with Gasteiger partial charge < -0.3 is 15.2 Å². The molecule has 100 valence electrons. The maximum Gasteiger partial charge on any atom is 0.122 e. The lowest BCUT2D eigenvalue weighted by molar-refractivity contribution is -0.0464. The maximum absolute atomic E-state index is 5.82. The number of nitrogens with zero attached hydrogens (tertiary/aromatic N) is 1. The predicted octanol–water partition coefficient (Wildman–Crippen LogP) is 1.68. The molecule has 1 aromatic carbocycles. The Labute approximate surface area is 109 Å². The van der Waals surface area contributed by atoms with Crippen LogP contribution in [0.2, 0.25) is 0 Å². The van der Waals surface area contributed by atoms with Gasteiger partial charge in [0.15, 0.2) is 0 Å². The summed E-state index contributed by atoms with van der Waals surface area (Å²) in [6, 6.07) is 5.71. The van der Waals surface area contributed by atoms with Gasteiger partial charge in [-0.05, 0) is 37.2 Å². The van der Waals surface area contributed by atoms with Crippen LogP contribution >= 0.6 is 0 Å². The average Bonchev–Trinajstić information content (AvgIpc) is 2.38. The van der Waals surface area contributed by atoms with Crippen LogP contribution in [0.1, 0.15) is 12.5 Å². The molecule has 1 unspecified atom stereocenters. The van der Waals surface area contributed by atoms with Gasteiger partial charge in [0.1, 0.15) is 18.5 Å². The molecule has 2 N–H and O–H groups in total. The number of nitrogen functional groups attached to an aromatic ring is 1. The van der Waals surface area contributed by atoms with Crippen molar-refractivity contribution in [2.24, 2.45) is 0 Å². The predicted molar refractivity (Wildman–Crippen MR) is 72.9 cm³/mol. The number of rotatable bonds is 4. The Morgan fingerprint density at radius 3 is 3.06 bits per heavy atom. The van der Waals surface area contributed by atoms with Crippen LogP contribution in [-0.4, -0.2) is 43.9 Å². The molecule has 0 saturated carbocycles. The van der Waals surface area contributed by atoms with Gasteiger partial charge >= 0.3 is 0 Å². The standard InChI is InChI=1S/C14H22N2O2/c1-3-16-6-7-17-13(9-16)10-18-14-5-4-12(15)8-11(14)2/h4-5,8,13H,3,6-7,9-10,15H2,1-2H3. The Kier molecular flexibility index (Phi) is 4.44. The highest BCUT2D eigenvalue weighted by Crippen LogP contribution is 2.20. The number of nitrogens with two attached hydrogens (primary N) is 1. The molecule has 1 heterocycles. The van der Waals surface area contributed by atoms with E-state index in [-0.39, 0.29) is 6.10 Å². The van der Waals surface area contributed by atoms with Gasteiger partial charge in [0.25, 0.3) is 0 Å². The minimum absolute atomic E-state index is 0.163. The van der Waals surface area contributed by atoms with Crippen molar-refractivity contribution in [3.05, 3.63) is 23.8 Å². The fourth-order valence-corrected chi connectivity index (χ4v) is 2.19. The molecule has 1 aliphatic rings. The number of morpholine rings is 1. The van der Waals surface area contributed by atoms with Gasteiger partial charge in [-0.1, -0.05) is 6.92 Å². The van der Waals surface area contributed by atoms with Gasteiger partial charge in [-0.3, -0.25) is 4.90 Å². The normalized spacial score (nSPS) is 20.9. The van der Waals surface area contributed by atoms with Crippen LogP contribution in [0.3, 0.4) is 0 Å². The Hall–Kier alpha value is -1.26. The zero-order valence-corrected chi connectivity index (χ0v) is 11.2. The summed E-state index contributed by atoms with van der Waals surface area (Å²) in [6.45, 7) is 8.61. The lowest BCUT2D eigenvalue weighted by atomic mass is 10.2. The number of anilines is 1. The third kappa shape index (κ3) is 3.37. The number of ether oxygens (including phenoxy) is 2. The highest BCUT2D eigenvalue weighted by molar-refractivity contribution is 5.47. The summed E-state index contributed by atoms with van der Waals surface area (Å²) in [5.74, 6) is 0.890. The smallest absolute Gasteiger partial charge is 0.122 e. The molecule has 1 saturated heterocycles. The van der Waals surface area contributed by atoms with Crippen molar-refractivity contribution in [2.75, 3.05) is 38.6 Å². The molecule has 4 heteroatoms. The minimum atomic E-state index is 0.163. The Bertz CT molecular complexity index is 395. The van der Waals surface area contributed by atoms with Crippen LogP contribution in [0.25, 0.3) is 0 Å². The molecular formula is C14H22N2O2. The molecule has 2 rings (SSSR count). The van der Waals surface area contributed by atoms with E-state index < -0.39 is 0 Å². The molecule has 1 aliphatic heterocycles. The van der Waals surface area contributed by atoms with E-state index in [1.54, 1.807) is 0 Å².